The summed E-state index contributed by atoms with van der Waals surface area (Å²) in [4.78, 5) is 13.0. The second-order valence-corrected chi connectivity index (χ2v) is 9.63. The van der Waals surface area contributed by atoms with E-state index in [4.69, 9.17) is 0 Å². The van der Waals surface area contributed by atoms with Gasteiger partial charge in [0.1, 0.15) is 0 Å². The molecule has 1 saturated heterocycles. The summed E-state index contributed by atoms with van der Waals surface area (Å²) in [5.41, 5.74) is 4.45. The van der Waals surface area contributed by atoms with Gasteiger partial charge in [-0.15, -0.1) is 0 Å². The van der Waals surface area contributed by atoms with Crippen LogP contribution in [0.1, 0.15) is 41.1 Å². The van der Waals surface area contributed by atoms with Crippen LogP contribution in [0.25, 0.3) is 0 Å². The summed E-state index contributed by atoms with van der Waals surface area (Å²) in [6, 6.07) is 16.0. The molecule has 0 radical (unpaired) electrons. The third-order valence-electron chi connectivity index (χ3n) is 5.45. The largest absolute Gasteiger partial charge is 0.345 e. The predicted molar refractivity (Wildman–Crippen MR) is 111 cm³/mol. The van der Waals surface area contributed by atoms with Crippen molar-refractivity contribution in [3.63, 3.8) is 0 Å². The Hall–Kier alpha value is -2.18. The first-order chi connectivity index (χ1) is 13.3. The third kappa shape index (κ3) is 4.80. The van der Waals surface area contributed by atoms with Crippen molar-refractivity contribution < 1.29 is 13.2 Å². The first kappa shape index (κ1) is 20.6. The minimum atomic E-state index is -3.19. The average Bonchev–Trinajstić information content (AvgIpc) is 2.66. The third-order valence-corrected chi connectivity index (χ3v) is 6.75. The first-order valence-corrected chi connectivity index (χ1v) is 11.5. The molecule has 0 spiro atoms. The van der Waals surface area contributed by atoms with Crippen molar-refractivity contribution in [3.8, 4) is 0 Å². The maximum Gasteiger partial charge on any atom is 0.223 e. The Kier molecular flexibility index (Phi) is 6.20. The van der Waals surface area contributed by atoms with Gasteiger partial charge in [-0.3, -0.25) is 4.79 Å². The van der Waals surface area contributed by atoms with Gasteiger partial charge in [0.25, 0.3) is 0 Å². The molecule has 2 aromatic carbocycles. The lowest BCUT2D eigenvalue weighted by Gasteiger charge is -2.31. The van der Waals surface area contributed by atoms with Crippen molar-refractivity contribution in [2.75, 3.05) is 19.3 Å². The van der Waals surface area contributed by atoms with E-state index in [1.807, 2.05) is 30.3 Å². The minimum absolute atomic E-state index is 0.0121. The van der Waals surface area contributed by atoms with E-state index < -0.39 is 10.0 Å². The topological polar surface area (TPSA) is 66.5 Å². The number of carbonyl (C=O) groups is 1. The molecule has 150 valence electrons. The highest BCUT2D eigenvalue weighted by atomic mass is 32.2. The zero-order valence-electron chi connectivity index (χ0n) is 16.7. The van der Waals surface area contributed by atoms with Gasteiger partial charge in [0.05, 0.1) is 12.3 Å². The number of rotatable bonds is 5. The normalized spacial score (nSPS) is 17.2. The molecule has 0 bridgehead atoms. The van der Waals surface area contributed by atoms with Crippen molar-refractivity contribution >= 4 is 15.9 Å². The lowest BCUT2D eigenvalue weighted by molar-refractivity contribution is -0.126. The van der Waals surface area contributed by atoms with Crippen molar-refractivity contribution in [2.45, 2.75) is 32.7 Å². The zero-order chi connectivity index (χ0) is 20.3. The number of benzene rings is 2. The second kappa shape index (κ2) is 8.45. The molecule has 5 nitrogen and oxygen atoms in total. The molecule has 1 amide bonds. The smallest absolute Gasteiger partial charge is 0.223 e. The minimum Gasteiger partial charge on any atom is -0.345 e. The molecule has 1 atom stereocenters. The number of piperidine rings is 1. The van der Waals surface area contributed by atoms with Crippen molar-refractivity contribution in [1.82, 2.24) is 9.62 Å². The van der Waals surface area contributed by atoms with Crippen LogP contribution in [0.3, 0.4) is 0 Å². The molecule has 0 aliphatic carbocycles. The molecule has 1 unspecified atom stereocenters. The van der Waals surface area contributed by atoms with Crippen LogP contribution in [0.4, 0.5) is 0 Å². The van der Waals surface area contributed by atoms with Crippen molar-refractivity contribution in [2.24, 2.45) is 5.92 Å². The van der Waals surface area contributed by atoms with Crippen LogP contribution >= 0.6 is 0 Å². The van der Waals surface area contributed by atoms with Crippen LogP contribution in [0.5, 0.6) is 0 Å². The van der Waals surface area contributed by atoms with Crippen LogP contribution in [0, 0.1) is 19.8 Å². The molecule has 0 aromatic heterocycles. The highest BCUT2D eigenvalue weighted by Gasteiger charge is 2.30. The molecule has 28 heavy (non-hydrogen) atoms. The highest BCUT2D eigenvalue weighted by molar-refractivity contribution is 7.88. The molecule has 6 heteroatoms. The Morgan fingerprint density at radius 2 is 1.71 bits per heavy atom. The second-order valence-electron chi connectivity index (χ2n) is 7.65. The lowest BCUT2D eigenvalue weighted by Crippen LogP contribution is -2.43. The molecule has 1 aliphatic heterocycles. The van der Waals surface area contributed by atoms with E-state index in [1.54, 1.807) is 0 Å². The summed E-state index contributed by atoms with van der Waals surface area (Å²) in [5, 5.41) is 3.23. The number of aryl methyl sites for hydroxylation is 2. The number of sulfonamides is 1. The maximum atomic E-state index is 13.0. The van der Waals surface area contributed by atoms with Crippen molar-refractivity contribution in [3.05, 3.63) is 70.8 Å². The number of hydrogen-bond donors (Lipinski definition) is 1. The average molecular weight is 401 g/mol. The quantitative estimate of drug-likeness (QED) is 0.838. The Morgan fingerprint density at radius 1 is 1.07 bits per heavy atom. The van der Waals surface area contributed by atoms with Crippen LogP contribution in [-0.2, 0) is 14.8 Å². The van der Waals surface area contributed by atoms with Crippen molar-refractivity contribution in [1.29, 1.82) is 0 Å². The zero-order valence-corrected chi connectivity index (χ0v) is 17.5. The van der Waals surface area contributed by atoms with E-state index in [2.05, 4.69) is 37.4 Å². The maximum absolute atomic E-state index is 13.0. The molecular weight excluding hydrogens is 372 g/mol. The molecule has 1 N–H and O–H groups in total. The summed E-state index contributed by atoms with van der Waals surface area (Å²) in [7, 11) is -3.19. The van der Waals surface area contributed by atoms with Gasteiger partial charge in [-0.2, -0.15) is 0 Å². The predicted octanol–water partition coefficient (Wildman–Crippen LogP) is 3.18. The Labute approximate surface area is 167 Å². The van der Waals surface area contributed by atoms with E-state index in [0.29, 0.717) is 25.9 Å². The Morgan fingerprint density at radius 3 is 2.29 bits per heavy atom. The fourth-order valence-electron chi connectivity index (χ4n) is 3.85. The standard InChI is InChI=1S/C22H28N2O3S/c1-16-9-10-20(17(2)15-16)21(18-7-5-4-6-8-18)23-22(25)19-11-13-24(14-12-19)28(3,26)27/h4-10,15,19,21H,11-14H2,1-3H3,(H,23,25). The molecule has 1 aliphatic rings. The SMILES string of the molecule is Cc1ccc(C(NC(=O)C2CCN(S(C)(=O)=O)CC2)c2ccccc2)c(C)c1. The first-order valence-electron chi connectivity index (χ1n) is 9.63. The monoisotopic (exact) mass is 400 g/mol. The molecule has 2 aromatic rings. The Balaban J connectivity index is 1.80. The fourth-order valence-corrected chi connectivity index (χ4v) is 4.72. The number of hydrogen-bond acceptors (Lipinski definition) is 3. The van der Waals surface area contributed by atoms with Crippen LogP contribution < -0.4 is 5.32 Å². The van der Waals surface area contributed by atoms with E-state index in [-0.39, 0.29) is 17.9 Å². The Bertz CT molecular complexity index is 934. The van der Waals surface area contributed by atoms with Gasteiger partial charge in [-0.05, 0) is 43.4 Å². The molecular formula is C22H28N2O3S. The molecule has 1 heterocycles. The van der Waals surface area contributed by atoms with Gasteiger partial charge in [0.15, 0.2) is 0 Å². The summed E-state index contributed by atoms with van der Waals surface area (Å²) >= 11 is 0. The highest BCUT2D eigenvalue weighted by Crippen LogP contribution is 2.27. The van der Waals surface area contributed by atoms with Gasteiger partial charge in [0.2, 0.25) is 15.9 Å². The van der Waals surface area contributed by atoms with Gasteiger partial charge in [0, 0.05) is 19.0 Å². The van der Waals surface area contributed by atoms with Gasteiger partial charge < -0.3 is 5.32 Å². The summed E-state index contributed by atoms with van der Waals surface area (Å²) < 4.78 is 24.9. The van der Waals surface area contributed by atoms with E-state index in [9.17, 15) is 13.2 Å². The summed E-state index contributed by atoms with van der Waals surface area (Å²) in [5.74, 6) is -0.183. The van der Waals surface area contributed by atoms with E-state index in [1.165, 1.54) is 16.1 Å². The van der Waals surface area contributed by atoms with Gasteiger partial charge in [-0.1, -0.05) is 54.1 Å². The van der Waals surface area contributed by atoms with Crippen LogP contribution in [0.15, 0.2) is 48.5 Å². The summed E-state index contributed by atoms with van der Waals surface area (Å²) in [6.45, 7) is 4.92. The summed E-state index contributed by atoms with van der Waals surface area (Å²) in [6.07, 6.45) is 2.32. The lowest BCUT2D eigenvalue weighted by atomic mass is 9.91. The van der Waals surface area contributed by atoms with Crippen LogP contribution in [0.2, 0.25) is 0 Å². The fraction of sp³-hybridized carbons (Fsp3) is 0.409. The van der Waals surface area contributed by atoms with E-state index in [0.717, 1.165) is 16.7 Å². The number of nitrogens with one attached hydrogen (secondary N) is 1. The van der Waals surface area contributed by atoms with E-state index >= 15 is 0 Å². The molecule has 3 rings (SSSR count). The molecule has 0 saturated carbocycles. The van der Waals surface area contributed by atoms with Gasteiger partial charge >= 0.3 is 0 Å². The molecule has 1 fully saturated rings. The number of carbonyl (C=O) groups excluding carboxylic acids is 1. The number of nitrogens with zero attached hydrogens (tertiary/aromatic N) is 1. The van der Waals surface area contributed by atoms with Gasteiger partial charge in [-0.25, -0.2) is 12.7 Å². The number of amides is 1. The van der Waals surface area contributed by atoms with Crippen LogP contribution in [-0.4, -0.2) is 38.0 Å².